The molecule has 1 saturated heterocycles. The molecule has 3 aromatic rings. The summed E-state index contributed by atoms with van der Waals surface area (Å²) in [5, 5.41) is 3.79. The van der Waals surface area contributed by atoms with Crippen molar-refractivity contribution in [2.75, 3.05) is 13.2 Å². The van der Waals surface area contributed by atoms with Gasteiger partial charge in [0, 0.05) is 54.2 Å². The molecule has 1 amide bonds. The zero-order chi connectivity index (χ0) is 28.5. The Morgan fingerprint density at radius 3 is 2.50 bits per heavy atom. The van der Waals surface area contributed by atoms with Crippen LogP contribution in [0.3, 0.4) is 0 Å². The molecular weight excluding hydrogens is 524 g/mol. The van der Waals surface area contributed by atoms with Crippen LogP contribution in [-0.4, -0.2) is 48.7 Å². The van der Waals surface area contributed by atoms with Crippen molar-refractivity contribution in [2.24, 2.45) is 5.92 Å². The Kier molecular flexibility index (Phi) is 8.36. The summed E-state index contributed by atoms with van der Waals surface area (Å²) in [6.45, 7) is 9.65. The molecule has 1 saturated carbocycles. The minimum absolute atomic E-state index is 0.0705. The quantitative estimate of drug-likeness (QED) is 0.389. The second-order valence-electron chi connectivity index (χ2n) is 12.4. The molecular formula is C31H42N4O4S. The second-order valence-corrected chi connectivity index (χ2v) is 14.0. The molecule has 8 nitrogen and oxygen atoms in total. The van der Waals surface area contributed by atoms with Crippen LogP contribution in [0.5, 0.6) is 0 Å². The van der Waals surface area contributed by atoms with E-state index in [0.717, 1.165) is 36.3 Å². The van der Waals surface area contributed by atoms with Crippen molar-refractivity contribution in [3.05, 3.63) is 47.8 Å². The van der Waals surface area contributed by atoms with Crippen molar-refractivity contribution < 1.29 is 17.9 Å². The first kappa shape index (κ1) is 28.8. The Morgan fingerprint density at radius 2 is 1.80 bits per heavy atom. The number of hydrogen-bond acceptors (Lipinski definition) is 5. The number of benzene rings is 1. The van der Waals surface area contributed by atoms with Gasteiger partial charge >= 0.3 is 0 Å². The molecule has 40 heavy (non-hydrogen) atoms. The first-order chi connectivity index (χ1) is 19.0. The van der Waals surface area contributed by atoms with E-state index >= 15 is 0 Å². The Balaban J connectivity index is 1.60. The summed E-state index contributed by atoms with van der Waals surface area (Å²) in [5.41, 5.74) is 3.31. The average Bonchev–Trinajstić information content (AvgIpc) is 3.23. The van der Waals surface area contributed by atoms with Crippen molar-refractivity contribution in [1.29, 1.82) is 0 Å². The summed E-state index contributed by atoms with van der Waals surface area (Å²) >= 11 is 0. The molecule has 9 heteroatoms. The van der Waals surface area contributed by atoms with Gasteiger partial charge in [-0.15, -0.1) is 0 Å². The molecule has 5 rings (SSSR count). The molecule has 2 fully saturated rings. The van der Waals surface area contributed by atoms with E-state index in [1.54, 1.807) is 18.3 Å². The number of amides is 1. The largest absolute Gasteiger partial charge is 0.381 e. The molecule has 3 heterocycles. The molecule has 0 radical (unpaired) electrons. The van der Waals surface area contributed by atoms with E-state index < -0.39 is 15.6 Å². The van der Waals surface area contributed by atoms with Gasteiger partial charge in [0.05, 0.1) is 21.7 Å². The number of nitrogens with one attached hydrogen (secondary N) is 2. The summed E-state index contributed by atoms with van der Waals surface area (Å²) in [6, 6.07) is 9.16. The number of fused-ring (bicyclic) bond motifs is 1. The maximum atomic E-state index is 13.5. The highest BCUT2D eigenvalue weighted by Crippen LogP contribution is 2.36. The van der Waals surface area contributed by atoms with E-state index in [1.165, 1.54) is 32.1 Å². The normalized spacial score (nSPS) is 17.8. The minimum atomic E-state index is -3.78. The van der Waals surface area contributed by atoms with Crippen LogP contribution in [0.15, 0.2) is 41.4 Å². The second kappa shape index (κ2) is 11.6. The fraction of sp³-hybridized carbons (Fsp3) is 0.548. The minimum Gasteiger partial charge on any atom is -0.381 e. The molecule has 2 N–H and O–H groups in total. The van der Waals surface area contributed by atoms with Crippen molar-refractivity contribution >= 4 is 26.8 Å². The van der Waals surface area contributed by atoms with Gasteiger partial charge in [-0.1, -0.05) is 19.3 Å². The van der Waals surface area contributed by atoms with Gasteiger partial charge in [0.25, 0.3) is 5.91 Å². The van der Waals surface area contributed by atoms with Crippen LogP contribution in [0.2, 0.25) is 0 Å². The monoisotopic (exact) mass is 566 g/mol. The van der Waals surface area contributed by atoms with E-state index in [9.17, 15) is 13.2 Å². The first-order valence-corrected chi connectivity index (χ1v) is 16.0. The Hall–Kier alpha value is -2.75. The fourth-order valence-corrected chi connectivity index (χ4v) is 7.73. The number of ether oxygens (including phenoxy) is 1. The van der Waals surface area contributed by atoms with Gasteiger partial charge in [-0.2, -0.15) is 0 Å². The van der Waals surface area contributed by atoms with Gasteiger partial charge in [0.15, 0.2) is 0 Å². The number of hydrogen-bond donors (Lipinski definition) is 2. The molecule has 216 valence electrons. The van der Waals surface area contributed by atoms with E-state index in [2.05, 4.69) is 19.6 Å². The summed E-state index contributed by atoms with van der Waals surface area (Å²) in [7, 11) is -3.78. The Labute approximate surface area is 238 Å². The maximum absolute atomic E-state index is 13.5. The van der Waals surface area contributed by atoms with Crippen molar-refractivity contribution in [1.82, 2.24) is 19.6 Å². The predicted molar refractivity (Wildman–Crippen MR) is 158 cm³/mol. The highest BCUT2D eigenvalue weighted by atomic mass is 32.2. The van der Waals surface area contributed by atoms with Gasteiger partial charge in [0.2, 0.25) is 10.0 Å². The summed E-state index contributed by atoms with van der Waals surface area (Å²) in [5.74, 6) is 0.471. The molecule has 1 aromatic carbocycles. The van der Waals surface area contributed by atoms with Gasteiger partial charge in [-0.3, -0.25) is 9.78 Å². The number of pyridine rings is 1. The van der Waals surface area contributed by atoms with Crippen LogP contribution in [0, 0.1) is 12.8 Å². The number of carbonyl (C=O) groups is 1. The van der Waals surface area contributed by atoms with Crippen LogP contribution in [0.25, 0.3) is 22.2 Å². The maximum Gasteiger partial charge on any atom is 0.253 e. The zero-order valence-electron chi connectivity index (χ0n) is 24.1. The fourth-order valence-electron chi connectivity index (χ4n) is 6.11. The highest BCUT2D eigenvalue weighted by molar-refractivity contribution is 7.89. The first-order valence-electron chi connectivity index (χ1n) is 14.5. The number of sulfonamides is 1. The number of nitrogens with zero attached hydrogens (tertiary/aromatic N) is 2. The van der Waals surface area contributed by atoms with Crippen LogP contribution < -0.4 is 10.0 Å². The standard InChI is InChI=1S/C31H42N4O4S/c1-21-26(30(36)33-23-14-17-39-18-15-23)19-27(35(21)20-22-9-6-5-7-10-22)24-12-13-28(25-11-8-16-32-29(24)25)40(37,38)34-31(2,3)4/h8,11-13,16,19,22-23,34H,5-7,9-10,14-15,17-18,20H2,1-4H3,(H,33,36). The molecule has 0 atom stereocenters. The van der Waals surface area contributed by atoms with Crippen molar-refractivity contribution in [3.63, 3.8) is 0 Å². The Morgan fingerprint density at radius 1 is 1.07 bits per heavy atom. The molecule has 0 bridgehead atoms. The third-order valence-corrected chi connectivity index (χ3v) is 9.88. The molecule has 0 unspecified atom stereocenters. The number of rotatable bonds is 7. The summed E-state index contributed by atoms with van der Waals surface area (Å²) < 4.78 is 37.2. The van der Waals surface area contributed by atoms with Crippen LogP contribution >= 0.6 is 0 Å². The lowest BCUT2D eigenvalue weighted by atomic mass is 9.89. The number of carbonyl (C=O) groups excluding carboxylic acids is 1. The molecule has 1 aliphatic heterocycles. The van der Waals surface area contributed by atoms with Gasteiger partial charge in [0.1, 0.15) is 0 Å². The smallest absolute Gasteiger partial charge is 0.253 e. The highest BCUT2D eigenvalue weighted by Gasteiger charge is 2.28. The molecule has 2 aliphatic rings. The van der Waals surface area contributed by atoms with Crippen LogP contribution in [0.1, 0.15) is 81.8 Å². The van der Waals surface area contributed by atoms with Gasteiger partial charge in [-0.05, 0) is 89.6 Å². The van der Waals surface area contributed by atoms with Crippen molar-refractivity contribution in [3.8, 4) is 11.3 Å². The lowest BCUT2D eigenvalue weighted by Gasteiger charge is -2.25. The van der Waals surface area contributed by atoms with E-state index in [1.807, 2.05) is 45.9 Å². The lowest BCUT2D eigenvalue weighted by molar-refractivity contribution is 0.0696. The van der Waals surface area contributed by atoms with Gasteiger partial charge in [-0.25, -0.2) is 13.1 Å². The predicted octanol–water partition coefficient (Wildman–Crippen LogP) is 5.58. The molecule has 2 aromatic heterocycles. The molecule has 0 spiro atoms. The zero-order valence-corrected chi connectivity index (χ0v) is 24.9. The third kappa shape index (κ3) is 6.26. The third-order valence-electron chi connectivity index (χ3n) is 8.07. The lowest BCUT2D eigenvalue weighted by Crippen LogP contribution is -2.40. The summed E-state index contributed by atoms with van der Waals surface area (Å²) in [6.07, 6.45) is 9.41. The van der Waals surface area contributed by atoms with Crippen molar-refractivity contribution in [2.45, 2.75) is 95.7 Å². The van der Waals surface area contributed by atoms with E-state index in [-0.39, 0.29) is 16.8 Å². The molecule has 1 aliphatic carbocycles. The SMILES string of the molecule is Cc1c(C(=O)NC2CCOCC2)cc(-c2ccc(S(=O)(=O)NC(C)(C)C)c3cccnc23)n1CC1CCCCC1. The van der Waals surface area contributed by atoms with Crippen LogP contribution in [-0.2, 0) is 21.3 Å². The topological polar surface area (TPSA) is 102 Å². The average molecular weight is 567 g/mol. The van der Waals surface area contributed by atoms with E-state index in [0.29, 0.717) is 35.6 Å². The number of aromatic nitrogens is 2. The van der Waals surface area contributed by atoms with Gasteiger partial charge < -0.3 is 14.6 Å². The van der Waals surface area contributed by atoms with E-state index in [4.69, 9.17) is 4.74 Å². The van der Waals surface area contributed by atoms with Crippen LogP contribution in [0.4, 0.5) is 0 Å². The summed E-state index contributed by atoms with van der Waals surface area (Å²) in [4.78, 5) is 18.4. The Bertz CT molecular complexity index is 1480.